The van der Waals surface area contributed by atoms with Crippen molar-refractivity contribution in [2.24, 2.45) is 5.92 Å². The van der Waals surface area contributed by atoms with E-state index in [1.54, 1.807) is 11.9 Å². The molecule has 0 bridgehead atoms. The zero-order valence-electron chi connectivity index (χ0n) is 11.7. The molecular formula is C13H22F3NO2. The number of carbonyl (C=O) groups is 1. The summed E-state index contributed by atoms with van der Waals surface area (Å²) >= 11 is 0. The van der Waals surface area contributed by atoms with Gasteiger partial charge in [-0.15, -0.1) is 0 Å². The Bertz CT molecular complexity index is 299. The van der Waals surface area contributed by atoms with Gasteiger partial charge < -0.3 is 9.64 Å². The van der Waals surface area contributed by atoms with Crippen LogP contribution in [0.5, 0.6) is 0 Å². The summed E-state index contributed by atoms with van der Waals surface area (Å²) in [5.74, 6) is 0.294. The molecule has 1 atom stereocenters. The van der Waals surface area contributed by atoms with Crippen molar-refractivity contribution in [3.05, 3.63) is 0 Å². The summed E-state index contributed by atoms with van der Waals surface area (Å²) in [6, 6.07) is 0.126. The molecule has 6 heteroatoms. The molecule has 112 valence electrons. The second-order valence-corrected chi connectivity index (χ2v) is 5.43. The third-order valence-electron chi connectivity index (χ3n) is 3.73. The van der Waals surface area contributed by atoms with Crippen LogP contribution in [0.4, 0.5) is 13.2 Å². The third-order valence-corrected chi connectivity index (χ3v) is 3.73. The zero-order chi connectivity index (χ0) is 14.6. The fourth-order valence-electron chi connectivity index (χ4n) is 2.39. The SMILES string of the molecule is CC1CCC(N(C)C(=O)[C@H](C)OCC(F)(F)F)CC1. The summed E-state index contributed by atoms with van der Waals surface area (Å²) in [5.41, 5.74) is 0. The van der Waals surface area contributed by atoms with Gasteiger partial charge in [0.25, 0.3) is 5.91 Å². The maximum absolute atomic E-state index is 12.0. The van der Waals surface area contributed by atoms with E-state index in [1.165, 1.54) is 6.92 Å². The summed E-state index contributed by atoms with van der Waals surface area (Å²) in [6.45, 7) is 2.17. The first-order valence-electron chi connectivity index (χ1n) is 6.65. The van der Waals surface area contributed by atoms with Gasteiger partial charge in [-0.05, 0) is 38.5 Å². The number of ether oxygens (including phenoxy) is 1. The van der Waals surface area contributed by atoms with E-state index in [4.69, 9.17) is 0 Å². The molecule has 0 saturated heterocycles. The Kier molecular flexibility index (Phi) is 5.64. The molecule has 0 heterocycles. The minimum atomic E-state index is -4.40. The molecule has 1 aliphatic rings. The molecule has 0 N–H and O–H groups in total. The summed E-state index contributed by atoms with van der Waals surface area (Å²) < 4.78 is 40.7. The van der Waals surface area contributed by atoms with Gasteiger partial charge in [-0.3, -0.25) is 4.79 Å². The third kappa shape index (κ3) is 5.38. The van der Waals surface area contributed by atoms with Crippen LogP contribution in [0.15, 0.2) is 0 Å². The molecule has 1 saturated carbocycles. The van der Waals surface area contributed by atoms with Crippen LogP contribution in [0.2, 0.25) is 0 Å². The van der Waals surface area contributed by atoms with Crippen molar-refractivity contribution in [1.82, 2.24) is 4.90 Å². The molecule has 1 aliphatic carbocycles. The van der Waals surface area contributed by atoms with E-state index in [0.717, 1.165) is 25.7 Å². The van der Waals surface area contributed by atoms with Crippen molar-refractivity contribution >= 4 is 5.91 Å². The van der Waals surface area contributed by atoms with Crippen LogP contribution in [-0.2, 0) is 9.53 Å². The van der Waals surface area contributed by atoms with E-state index in [2.05, 4.69) is 11.7 Å². The average Bonchev–Trinajstić information content (AvgIpc) is 2.34. The molecule has 0 aromatic carbocycles. The van der Waals surface area contributed by atoms with Gasteiger partial charge in [-0.1, -0.05) is 6.92 Å². The predicted molar refractivity (Wildman–Crippen MR) is 65.7 cm³/mol. The first kappa shape index (κ1) is 16.3. The number of likely N-dealkylation sites (N-methyl/N-ethyl adjacent to an activating group) is 1. The molecule has 0 unspecified atom stereocenters. The Balaban J connectivity index is 2.43. The Morgan fingerprint density at radius 1 is 1.32 bits per heavy atom. The smallest absolute Gasteiger partial charge is 0.359 e. The van der Waals surface area contributed by atoms with Gasteiger partial charge in [-0.2, -0.15) is 13.2 Å². The number of carbonyl (C=O) groups excluding carboxylic acids is 1. The second kappa shape index (κ2) is 6.59. The largest absolute Gasteiger partial charge is 0.411 e. The van der Waals surface area contributed by atoms with Crippen LogP contribution in [0.3, 0.4) is 0 Å². The van der Waals surface area contributed by atoms with E-state index in [0.29, 0.717) is 5.92 Å². The molecule has 0 aromatic rings. The number of amides is 1. The fourth-order valence-corrected chi connectivity index (χ4v) is 2.39. The highest BCUT2D eigenvalue weighted by molar-refractivity contribution is 5.80. The van der Waals surface area contributed by atoms with Crippen LogP contribution in [-0.4, -0.2) is 42.8 Å². The van der Waals surface area contributed by atoms with Gasteiger partial charge >= 0.3 is 6.18 Å². The molecule has 1 amide bonds. The molecule has 3 nitrogen and oxygen atoms in total. The van der Waals surface area contributed by atoms with Crippen LogP contribution in [0.25, 0.3) is 0 Å². The number of nitrogens with zero attached hydrogens (tertiary/aromatic N) is 1. The first-order valence-corrected chi connectivity index (χ1v) is 6.65. The lowest BCUT2D eigenvalue weighted by atomic mass is 9.86. The highest BCUT2D eigenvalue weighted by Gasteiger charge is 2.32. The van der Waals surface area contributed by atoms with Gasteiger partial charge in [0.15, 0.2) is 0 Å². The van der Waals surface area contributed by atoms with Crippen molar-refractivity contribution in [2.75, 3.05) is 13.7 Å². The van der Waals surface area contributed by atoms with Gasteiger partial charge in [-0.25, -0.2) is 0 Å². The minimum absolute atomic E-state index is 0.126. The first-order chi connectivity index (χ1) is 8.70. The van der Waals surface area contributed by atoms with Crippen molar-refractivity contribution in [3.63, 3.8) is 0 Å². The van der Waals surface area contributed by atoms with Crippen LogP contribution in [0, 0.1) is 5.92 Å². The molecule has 19 heavy (non-hydrogen) atoms. The van der Waals surface area contributed by atoms with E-state index in [1.807, 2.05) is 0 Å². The summed E-state index contributed by atoms with van der Waals surface area (Å²) in [5, 5.41) is 0. The standard InChI is InChI=1S/C13H22F3NO2/c1-9-4-6-11(7-5-9)17(3)12(18)10(2)19-8-13(14,15)16/h9-11H,4-8H2,1-3H3/t9?,10-,11?/m0/s1. The van der Waals surface area contributed by atoms with E-state index in [-0.39, 0.29) is 11.9 Å². The Hall–Kier alpha value is -0.780. The van der Waals surface area contributed by atoms with Crippen molar-refractivity contribution in [2.45, 2.75) is 57.9 Å². The van der Waals surface area contributed by atoms with Gasteiger partial charge in [0.1, 0.15) is 12.7 Å². The highest BCUT2D eigenvalue weighted by atomic mass is 19.4. The van der Waals surface area contributed by atoms with Gasteiger partial charge in [0.05, 0.1) is 0 Å². The zero-order valence-corrected chi connectivity index (χ0v) is 11.7. The lowest BCUT2D eigenvalue weighted by Gasteiger charge is -2.34. The average molecular weight is 281 g/mol. The van der Waals surface area contributed by atoms with Crippen LogP contribution < -0.4 is 0 Å². The molecule has 0 radical (unpaired) electrons. The highest BCUT2D eigenvalue weighted by Crippen LogP contribution is 2.27. The lowest BCUT2D eigenvalue weighted by Crippen LogP contribution is -2.45. The molecule has 0 spiro atoms. The van der Waals surface area contributed by atoms with Gasteiger partial charge in [0.2, 0.25) is 0 Å². The molecule has 0 aliphatic heterocycles. The maximum atomic E-state index is 12.0. The lowest BCUT2D eigenvalue weighted by molar-refractivity contribution is -0.188. The normalized spacial score (nSPS) is 26.0. The maximum Gasteiger partial charge on any atom is 0.411 e. The van der Waals surface area contributed by atoms with Crippen LogP contribution in [0.1, 0.15) is 39.5 Å². The summed E-state index contributed by atoms with van der Waals surface area (Å²) in [6.07, 6.45) is -1.51. The number of alkyl halides is 3. The molecular weight excluding hydrogens is 259 g/mol. The summed E-state index contributed by atoms with van der Waals surface area (Å²) in [4.78, 5) is 13.5. The van der Waals surface area contributed by atoms with Crippen molar-refractivity contribution < 1.29 is 22.7 Å². The molecule has 1 fully saturated rings. The summed E-state index contributed by atoms with van der Waals surface area (Å²) in [7, 11) is 1.65. The topological polar surface area (TPSA) is 29.5 Å². The van der Waals surface area contributed by atoms with E-state index < -0.39 is 18.9 Å². The quantitative estimate of drug-likeness (QED) is 0.793. The minimum Gasteiger partial charge on any atom is -0.359 e. The Morgan fingerprint density at radius 3 is 2.32 bits per heavy atom. The molecule has 0 aromatic heterocycles. The van der Waals surface area contributed by atoms with E-state index >= 15 is 0 Å². The van der Waals surface area contributed by atoms with E-state index in [9.17, 15) is 18.0 Å². The number of hydrogen-bond donors (Lipinski definition) is 0. The fraction of sp³-hybridized carbons (Fsp3) is 0.923. The monoisotopic (exact) mass is 281 g/mol. The number of halogens is 3. The van der Waals surface area contributed by atoms with Crippen LogP contribution >= 0.6 is 0 Å². The predicted octanol–water partition coefficient (Wildman–Crippen LogP) is 2.99. The Labute approximate surface area is 112 Å². The van der Waals surface area contributed by atoms with Gasteiger partial charge in [0, 0.05) is 13.1 Å². The van der Waals surface area contributed by atoms with Crippen molar-refractivity contribution in [1.29, 1.82) is 0 Å². The molecule has 1 rings (SSSR count). The second-order valence-electron chi connectivity index (χ2n) is 5.43. The van der Waals surface area contributed by atoms with Crippen molar-refractivity contribution in [3.8, 4) is 0 Å². The number of hydrogen-bond acceptors (Lipinski definition) is 2. The number of rotatable bonds is 4. The Morgan fingerprint density at radius 2 is 1.84 bits per heavy atom.